The zero-order valence-corrected chi connectivity index (χ0v) is 13.6. The maximum absolute atomic E-state index is 11.9. The van der Waals surface area contributed by atoms with Crippen LogP contribution >= 0.6 is 0 Å². The van der Waals surface area contributed by atoms with Crippen LogP contribution in [0, 0.1) is 0 Å². The van der Waals surface area contributed by atoms with Gasteiger partial charge in [-0.15, -0.1) is 0 Å². The van der Waals surface area contributed by atoms with Crippen molar-refractivity contribution in [1.29, 1.82) is 0 Å². The minimum absolute atomic E-state index is 0.178. The molecule has 1 aromatic carbocycles. The average Bonchev–Trinajstić information content (AvgIpc) is 2.60. The molecule has 1 aromatic heterocycles. The van der Waals surface area contributed by atoms with E-state index < -0.39 is 5.91 Å². The predicted molar refractivity (Wildman–Crippen MR) is 90.8 cm³/mol. The van der Waals surface area contributed by atoms with Gasteiger partial charge in [-0.1, -0.05) is 0 Å². The third-order valence-electron chi connectivity index (χ3n) is 3.19. The van der Waals surface area contributed by atoms with Crippen molar-refractivity contribution in [2.75, 3.05) is 26.6 Å². The summed E-state index contributed by atoms with van der Waals surface area (Å²) in [6.45, 7) is 0. The summed E-state index contributed by atoms with van der Waals surface area (Å²) in [5.74, 6) is 1.01. The fraction of sp³-hybridized carbons (Fsp3) is 0.176. The van der Waals surface area contributed by atoms with E-state index in [4.69, 9.17) is 14.2 Å². The van der Waals surface area contributed by atoms with Gasteiger partial charge in [-0.25, -0.2) is 0 Å². The number of anilines is 1. The molecule has 1 heterocycles. The first-order valence-electron chi connectivity index (χ1n) is 7.05. The minimum atomic E-state index is -0.430. The van der Waals surface area contributed by atoms with Gasteiger partial charge in [-0.3, -0.25) is 9.59 Å². The third-order valence-corrected chi connectivity index (χ3v) is 3.19. The SMILES string of the molecule is COc1cc(/C=C/C(=O)Nc2ccc[nH]c2=O)cc(OC)c1OC. The zero-order chi connectivity index (χ0) is 17.5. The second-order valence-corrected chi connectivity index (χ2v) is 4.69. The monoisotopic (exact) mass is 330 g/mol. The van der Waals surface area contributed by atoms with Gasteiger partial charge in [0.25, 0.3) is 5.56 Å². The molecule has 7 nitrogen and oxygen atoms in total. The average molecular weight is 330 g/mol. The van der Waals surface area contributed by atoms with Gasteiger partial charge in [-0.2, -0.15) is 0 Å². The highest BCUT2D eigenvalue weighted by atomic mass is 16.5. The number of aromatic nitrogens is 1. The van der Waals surface area contributed by atoms with Crippen molar-refractivity contribution in [1.82, 2.24) is 4.98 Å². The summed E-state index contributed by atoms with van der Waals surface area (Å²) in [5, 5.41) is 2.50. The number of aromatic amines is 1. The molecule has 2 rings (SSSR count). The first-order chi connectivity index (χ1) is 11.6. The molecular formula is C17H18N2O5. The van der Waals surface area contributed by atoms with Crippen molar-refractivity contribution in [3.8, 4) is 17.2 Å². The topological polar surface area (TPSA) is 89.7 Å². The van der Waals surface area contributed by atoms with Gasteiger partial charge < -0.3 is 24.5 Å². The van der Waals surface area contributed by atoms with E-state index in [-0.39, 0.29) is 11.2 Å². The highest BCUT2D eigenvalue weighted by Crippen LogP contribution is 2.38. The Balaban J connectivity index is 2.21. The second-order valence-electron chi connectivity index (χ2n) is 4.69. The molecule has 0 aliphatic rings. The summed E-state index contributed by atoms with van der Waals surface area (Å²) >= 11 is 0. The lowest BCUT2D eigenvalue weighted by Gasteiger charge is -2.12. The van der Waals surface area contributed by atoms with Crippen LogP contribution in [0.2, 0.25) is 0 Å². The van der Waals surface area contributed by atoms with Crippen molar-refractivity contribution in [2.24, 2.45) is 0 Å². The van der Waals surface area contributed by atoms with Crippen molar-refractivity contribution >= 4 is 17.7 Å². The standard InChI is InChI=1S/C17H18N2O5/c1-22-13-9-11(10-14(23-2)16(13)24-3)6-7-15(20)19-12-5-4-8-18-17(12)21/h4-10H,1-3H3,(H,18,21)(H,19,20)/b7-6+. The maximum Gasteiger partial charge on any atom is 0.271 e. The molecule has 0 aliphatic carbocycles. The van der Waals surface area contributed by atoms with Gasteiger partial charge in [0, 0.05) is 12.3 Å². The highest BCUT2D eigenvalue weighted by Gasteiger charge is 2.12. The van der Waals surface area contributed by atoms with E-state index in [1.165, 1.54) is 39.7 Å². The molecule has 0 fully saturated rings. The number of hydrogen-bond donors (Lipinski definition) is 2. The van der Waals surface area contributed by atoms with Crippen LogP contribution < -0.4 is 25.1 Å². The van der Waals surface area contributed by atoms with Crippen LogP contribution in [0.15, 0.2) is 41.3 Å². The van der Waals surface area contributed by atoms with Gasteiger partial charge >= 0.3 is 0 Å². The quantitative estimate of drug-likeness (QED) is 0.791. The van der Waals surface area contributed by atoms with E-state index in [0.29, 0.717) is 22.8 Å². The van der Waals surface area contributed by atoms with Crippen molar-refractivity contribution in [3.63, 3.8) is 0 Å². The highest BCUT2D eigenvalue weighted by molar-refractivity contribution is 6.01. The number of carbonyl (C=O) groups excluding carboxylic acids is 1. The Kier molecular flexibility index (Phi) is 5.62. The molecule has 0 unspecified atom stereocenters. The number of amides is 1. The number of pyridine rings is 1. The first-order valence-corrected chi connectivity index (χ1v) is 7.05. The molecule has 0 radical (unpaired) electrons. The van der Waals surface area contributed by atoms with Crippen molar-refractivity contribution in [3.05, 3.63) is 52.5 Å². The van der Waals surface area contributed by atoms with E-state index in [2.05, 4.69) is 10.3 Å². The van der Waals surface area contributed by atoms with Crippen LogP contribution in [0.5, 0.6) is 17.2 Å². The van der Waals surface area contributed by atoms with Gasteiger partial charge in [-0.05, 0) is 35.9 Å². The molecular weight excluding hydrogens is 312 g/mol. The van der Waals surface area contributed by atoms with Gasteiger partial charge in [0.1, 0.15) is 5.69 Å². The van der Waals surface area contributed by atoms with E-state index >= 15 is 0 Å². The lowest BCUT2D eigenvalue weighted by atomic mass is 10.1. The number of carbonyl (C=O) groups is 1. The molecule has 24 heavy (non-hydrogen) atoms. The molecule has 126 valence electrons. The molecule has 0 atom stereocenters. The Bertz CT molecular complexity index is 786. The number of hydrogen-bond acceptors (Lipinski definition) is 5. The molecule has 0 aliphatic heterocycles. The normalized spacial score (nSPS) is 10.5. The van der Waals surface area contributed by atoms with Gasteiger partial charge in [0.2, 0.25) is 11.7 Å². The van der Waals surface area contributed by atoms with Crippen LogP contribution in [0.3, 0.4) is 0 Å². The fourth-order valence-electron chi connectivity index (χ4n) is 2.06. The molecule has 0 saturated heterocycles. The predicted octanol–water partition coefficient (Wildman–Crippen LogP) is 2.05. The van der Waals surface area contributed by atoms with E-state index in [1.54, 1.807) is 24.3 Å². The Morgan fingerprint density at radius 2 is 1.79 bits per heavy atom. The van der Waals surface area contributed by atoms with E-state index in [0.717, 1.165) is 0 Å². The summed E-state index contributed by atoms with van der Waals surface area (Å²) in [6, 6.07) is 6.56. The Morgan fingerprint density at radius 1 is 1.12 bits per heavy atom. The lowest BCUT2D eigenvalue weighted by Crippen LogP contribution is -2.17. The van der Waals surface area contributed by atoms with Crippen LogP contribution in [0.25, 0.3) is 6.08 Å². The maximum atomic E-state index is 11.9. The van der Waals surface area contributed by atoms with E-state index in [1.807, 2.05) is 0 Å². The van der Waals surface area contributed by atoms with Gasteiger partial charge in [0.15, 0.2) is 11.5 Å². The third kappa shape index (κ3) is 3.95. The Morgan fingerprint density at radius 3 is 2.33 bits per heavy atom. The Hall–Kier alpha value is -3.22. The number of nitrogens with one attached hydrogen (secondary N) is 2. The molecule has 0 saturated carbocycles. The minimum Gasteiger partial charge on any atom is -0.493 e. The Labute approximate surface area is 138 Å². The number of rotatable bonds is 6. The largest absolute Gasteiger partial charge is 0.493 e. The lowest BCUT2D eigenvalue weighted by molar-refractivity contribution is -0.111. The molecule has 7 heteroatoms. The molecule has 2 N–H and O–H groups in total. The number of ether oxygens (including phenoxy) is 3. The summed E-state index contributed by atoms with van der Waals surface area (Å²) in [5.41, 5.74) is 0.491. The van der Waals surface area contributed by atoms with Gasteiger partial charge in [0.05, 0.1) is 21.3 Å². The fourth-order valence-corrected chi connectivity index (χ4v) is 2.06. The molecule has 1 amide bonds. The van der Waals surface area contributed by atoms with Crippen molar-refractivity contribution < 1.29 is 19.0 Å². The summed E-state index contributed by atoms with van der Waals surface area (Å²) in [4.78, 5) is 25.9. The summed E-state index contributed by atoms with van der Waals surface area (Å²) in [7, 11) is 4.54. The first kappa shape index (κ1) is 17.1. The second kappa shape index (κ2) is 7.87. The summed E-state index contributed by atoms with van der Waals surface area (Å²) in [6.07, 6.45) is 4.38. The number of methoxy groups -OCH3 is 3. The smallest absolute Gasteiger partial charge is 0.271 e. The van der Waals surface area contributed by atoms with E-state index in [9.17, 15) is 9.59 Å². The molecule has 0 spiro atoms. The zero-order valence-electron chi connectivity index (χ0n) is 13.6. The van der Waals surface area contributed by atoms with Crippen LogP contribution in [0.4, 0.5) is 5.69 Å². The van der Waals surface area contributed by atoms with Crippen LogP contribution in [-0.2, 0) is 4.79 Å². The molecule has 2 aromatic rings. The number of H-pyrrole nitrogens is 1. The molecule has 0 bridgehead atoms. The van der Waals surface area contributed by atoms with Crippen LogP contribution in [0.1, 0.15) is 5.56 Å². The van der Waals surface area contributed by atoms with Crippen LogP contribution in [-0.4, -0.2) is 32.2 Å². The van der Waals surface area contributed by atoms with Crippen molar-refractivity contribution in [2.45, 2.75) is 0 Å². The number of benzene rings is 1. The summed E-state index contributed by atoms with van der Waals surface area (Å²) < 4.78 is 15.7.